The summed E-state index contributed by atoms with van der Waals surface area (Å²) < 4.78 is 15.7. The minimum absolute atomic E-state index is 0.00780. The number of aryl methyl sites for hydroxylation is 2. The summed E-state index contributed by atoms with van der Waals surface area (Å²) >= 11 is 0. The molecule has 1 saturated heterocycles. The molecule has 3 aliphatic heterocycles. The van der Waals surface area contributed by atoms with Crippen LogP contribution in [0.25, 0.3) is 16.6 Å². The Balaban J connectivity index is 1.11. The molecule has 10 nitrogen and oxygen atoms in total. The van der Waals surface area contributed by atoms with Crippen molar-refractivity contribution in [2.45, 2.75) is 32.4 Å². The molecule has 1 fully saturated rings. The monoisotopic (exact) mass is 721 g/mol. The molecule has 0 spiro atoms. The van der Waals surface area contributed by atoms with E-state index in [2.05, 4.69) is 28.0 Å². The van der Waals surface area contributed by atoms with Gasteiger partial charge in [0, 0.05) is 92.1 Å². The normalized spacial score (nSPS) is 16.9. The molecule has 0 unspecified atom stereocenters. The Bertz CT molecular complexity index is 2390. The number of carbonyl (C=O) groups is 2. The van der Waals surface area contributed by atoms with Crippen LogP contribution in [0.15, 0.2) is 103 Å². The number of hydrogen-bond acceptors (Lipinski definition) is 6. The molecule has 2 amide bonds. The number of anilines is 2. The summed E-state index contributed by atoms with van der Waals surface area (Å²) in [6, 6.07) is 28.9. The molecule has 10 heteroatoms. The summed E-state index contributed by atoms with van der Waals surface area (Å²) in [4.78, 5) is 35.9. The lowest BCUT2D eigenvalue weighted by molar-refractivity contribution is 0.0193. The second-order valence-corrected chi connectivity index (χ2v) is 14.6. The quantitative estimate of drug-likeness (QED) is 0.195. The van der Waals surface area contributed by atoms with Crippen molar-refractivity contribution in [3.8, 4) is 17.2 Å². The molecular weight excluding hydrogens is 679 g/mol. The first-order chi connectivity index (χ1) is 26.3. The van der Waals surface area contributed by atoms with Crippen molar-refractivity contribution < 1.29 is 24.2 Å². The maximum absolute atomic E-state index is 15.1. The highest BCUT2D eigenvalue weighted by atomic mass is 16.5. The summed E-state index contributed by atoms with van der Waals surface area (Å²) in [6.07, 6.45) is 5.34. The number of phenolic OH excluding ortho intramolecular Hbond substituents is 1. The van der Waals surface area contributed by atoms with Gasteiger partial charge in [-0.25, -0.2) is 0 Å². The van der Waals surface area contributed by atoms with Gasteiger partial charge < -0.3 is 28.6 Å². The van der Waals surface area contributed by atoms with Gasteiger partial charge in [0.25, 0.3) is 11.8 Å². The lowest BCUT2D eigenvalue weighted by Gasteiger charge is -2.40. The standard InChI is InChI=1S/C44H43N5O5/c1-29-21-34(43(51)49(35-7-10-38(50)11-8-35)36-9-12-40-31(23-36)13-15-45(40)2)27-47(29)41-25-42-32(14-18-54-42)24-39(41)44(52)48-26-33-6-4-3-5-30(33)22-37(48)28-46-16-19-53-20-17-46/h3-13,15,21,23-25,27,37,50H,14,16-20,22,26,28H2,1-2H3/t37-/m0/s1. The van der Waals surface area contributed by atoms with Crippen LogP contribution in [0, 0.1) is 6.92 Å². The van der Waals surface area contributed by atoms with Gasteiger partial charge in [-0.15, -0.1) is 0 Å². The van der Waals surface area contributed by atoms with E-state index in [0.29, 0.717) is 54.6 Å². The fraction of sp³-hybridized carbons (Fsp3) is 0.273. The highest BCUT2D eigenvalue weighted by Crippen LogP contribution is 2.36. The van der Waals surface area contributed by atoms with Gasteiger partial charge in [0.05, 0.1) is 36.6 Å². The first-order valence-corrected chi connectivity index (χ1v) is 18.7. The SMILES string of the molecule is Cc1cc(C(=O)N(c2ccc(O)cc2)c2ccc3c(ccn3C)c2)cn1-c1cc2c(cc1C(=O)N1Cc3ccccc3C[C@H]1CN1CCOCC1)CCO2. The van der Waals surface area contributed by atoms with Gasteiger partial charge in [-0.1, -0.05) is 24.3 Å². The molecule has 6 aromatic rings. The van der Waals surface area contributed by atoms with Crippen LogP contribution in [-0.2, 0) is 31.2 Å². The van der Waals surface area contributed by atoms with Crippen LogP contribution in [0.1, 0.15) is 43.1 Å². The van der Waals surface area contributed by atoms with Crippen molar-refractivity contribution in [2.75, 3.05) is 44.4 Å². The van der Waals surface area contributed by atoms with E-state index in [4.69, 9.17) is 9.47 Å². The molecule has 2 aromatic heterocycles. The number of rotatable bonds is 7. The molecule has 9 rings (SSSR count). The third kappa shape index (κ3) is 6.21. The maximum Gasteiger partial charge on any atom is 0.264 e. The van der Waals surface area contributed by atoms with Crippen molar-refractivity contribution in [1.29, 1.82) is 0 Å². The lowest BCUT2D eigenvalue weighted by Crippen LogP contribution is -2.52. The molecule has 0 aliphatic carbocycles. The third-order valence-corrected chi connectivity index (χ3v) is 11.2. The number of hydrogen-bond donors (Lipinski definition) is 1. The van der Waals surface area contributed by atoms with Crippen molar-refractivity contribution in [2.24, 2.45) is 7.05 Å². The molecule has 1 atom stereocenters. The Labute approximate surface area is 314 Å². The topological polar surface area (TPSA) is 92.4 Å². The van der Waals surface area contributed by atoms with Gasteiger partial charge >= 0.3 is 0 Å². The number of aromatic nitrogens is 2. The first-order valence-electron chi connectivity index (χ1n) is 18.7. The Morgan fingerprint density at radius 3 is 2.46 bits per heavy atom. The van der Waals surface area contributed by atoms with Gasteiger partial charge in [0.2, 0.25) is 0 Å². The molecule has 3 aliphatic rings. The number of morpholine rings is 1. The van der Waals surface area contributed by atoms with E-state index >= 15 is 4.79 Å². The predicted molar refractivity (Wildman–Crippen MR) is 208 cm³/mol. The van der Waals surface area contributed by atoms with Crippen LogP contribution in [0.4, 0.5) is 11.4 Å². The average Bonchev–Trinajstić information content (AvgIpc) is 3.93. The van der Waals surface area contributed by atoms with Gasteiger partial charge in [0.1, 0.15) is 11.5 Å². The summed E-state index contributed by atoms with van der Waals surface area (Å²) in [5.41, 5.74) is 8.40. The maximum atomic E-state index is 15.1. The van der Waals surface area contributed by atoms with E-state index in [1.54, 1.807) is 29.2 Å². The number of amides is 2. The number of fused-ring (bicyclic) bond motifs is 3. The average molecular weight is 722 g/mol. The number of phenols is 1. The van der Waals surface area contributed by atoms with Crippen molar-refractivity contribution in [3.05, 3.63) is 137 Å². The predicted octanol–water partition coefficient (Wildman–Crippen LogP) is 6.80. The molecule has 5 heterocycles. The summed E-state index contributed by atoms with van der Waals surface area (Å²) in [5.74, 6) is 0.613. The molecular formula is C44H43N5O5. The third-order valence-electron chi connectivity index (χ3n) is 11.2. The smallest absolute Gasteiger partial charge is 0.264 e. The number of nitrogens with zero attached hydrogens (tertiary/aromatic N) is 5. The van der Waals surface area contributed by atoms with Crippen LogP contribution < -0.4 is 9.64 Å². The molecule has 1 N–H and O–H groups in total. The minimum Gasteiger partial charge on any atom is -0.508 e. The summed E-state index contributed by atoms with van der Waals surface area (Å²) in [6.45, 7) is 6.91. The van der Waals surface area contributed by atoms with E-state index in [0.717, 1.165) is 60.4 Å². The number of ether oxygens (including phenoxy) is 2. The lowest BCUT2D eigenvalue weighted by atomic mass is 9.92. The Kier molecular flexibility index (Phi) is 8.71. The van der Waals surface area contributed by atoms with E-state index in [9.17, 15) is 9.90 Å². The second-order valence-electron chi connectivity index (χ2n) is 14.6. The number of aromatic hydroxyl groups is 1. The van der Waals surface area contributed by atoms with Gasteiger partial charge in [-0.2, -0.15) is 0 Å². The Morgan fingerprint density at radius 1 is 0.870 bits per heavy atom. The molecule has 0 bridgehead atoms. The van der Waals surface area contributed by atoms with Crippen molar-refractivity contribution in [1.82, 2.24) is 18.9 Å². The first kappa shape index (κ1) is 34.0. The highest BCUT2D eigenvalue weighted by Gasteiger charge is 2.34. The second kappa shape index (κ2) is 13.9. The zero-order valence-corrected chi connectivity index (χ0v) is 30.6. The fourth-order valence-corrected chi connectivity index (χ4v) is 8.28. The van der Waals surface area contributed by atoms with E-state index < -0.39 is 0 Å². The zero-order valence-electron chi connectivity index (χ0n) is 30.6. The zero-order chi connectivity index (χ0) is 36.9. The largest absolute Gasteiger partial charge is 0.508 e. The molecule has 0 radical (unpaired) electrons. The van der Waals surface area contributed by atoms with E-state index in [-0.39, 0.29) is 23.6 Å². The van der Waals surface area contributed by atoms with Crippen LogP contribution in [0.2, 0.25) is 0 Å². The Morgan fingerprint density at radius 2 is 1.65 bits per heavy atom. The fourth-order valence-electron chi connectivity index (χ4n) is 8.28. The summed E-state index contributed by atoms with van der Waals surface area (Å²) in [5, 5.41) is 11.1. The molecule has 4 aromatic carbocycles. The van der Waals surface area contributed by atoms with Crippen molar-refractivity contribution in [3.63, 3.8) is 0 Å². The van der Waals surface area contributed by atoms with Crippen molar-refractivity contribution >= 4 is 34.1 Å². The van der Waals surface area contributed by atoms with Gasteiger partial charge in [0.15, 0.2) is 0 Å². The van der Waals surface area contributed by atoms with Crippen LogP contribution in [0.5, 0.6) is 11.5 Å². The van der Waals surface area contributed by atoms with Gasteiger partial charge in [-0.05, 0) is 90.7 Å². The van der Waals surface area contributed by atoms with Crippen LogP contribution in [-0.4, -0.2) is 81.4 Å². The molecule has 0 saturated carbocycles. The summed E-state index contributed by atoms with van der Waals surface area (Å²) in [7, 11) is 1.99. The van der Waals surface area contributed by atoms with Gasteiger partial charge in [-0.3, -0.25) is 19.4 Å². The molecule has 54 heavy (non-hydrogen) atoms. The van der Waals surface area contributed by atoms with E-state index in [1.165, 1.54) is 11.1 Å². The van der Waals surface area contributed by atoms with E-state index in [1.807, 2.05) is 84.0 Å². The van der Waals surface area contributed by atoms with Crippen LogP contribution in [0.3, 0.4) is 0 Å². The highest BCUT2D eigenvalue weighted by molar-refractivity contribution is 6.12. The Hall–Kier alpha value is -5.84. The number of benzene rings is 4. The van der Waals surface area contributed by atoms with Crippen LogP contribution >= 0.6 is 0 Å². The molecule has 274 valence electrons. The number of carbonyl (C=O) groups excluding carboxylic acids is 2. The minimum atomic E-state index is -0.235.